The fraction of sp³-hybridized carbons (Fsp3) is 0.625. The van der Waals surface area contributed by atoms with E-state index in [2.05, 4.69) is 10.2 Å². The van der Waals surface area contributed by atoms with Crippen LogP contribution < -0.4 is 11.1 Å². The Kier molecular flexibility index (Phi) is 6.47. The van der Waals surface area contributed by atoms with E-state index in [1.807, 2.05) is 30.3 Å². The summed E-state index contributed by atoms with van der Waals surface area (Å²) < 4.78 is 0. The molecule has 0 aliphatic carbocycles. The Bertz CT molecular complexity index is 365. The molecule has 4 heteroatoms. The van der Waals surface area contributed by atoms with Crippen molar-refractivity contribution in [2.75, 3.05) is 32.7 Å². The first-order valence-electron chi connectivity index (χ1n) is 7.66. The maximum Gasteiger partial charge on any atom is 0.0818 e. The van der Waals surface area contributed by atoms with E-state index in [9.17, 15) is 5.11 Å². The van der Waals surface area contributed by atoms with Gasteiger partial charge in [-0.2, -0.15) is 0 Å². The second-order valence-corrected chi connectivity index (χ2v) is 5.67. The van der Waals surface area contributed by atoms with Crippen molar-refractivity contribution in [1.82, 2.24) is 10.2 Å². The van der Waals surface area contributed by atoms with Crippen LogP contribution in [0.3, 0.4) is 0 Å². The highest BCUT2D eigenvalue weighted by atomic mass is 16.3. The van der Waals surface area contributed by atoms with Gasteiger partial charge in [0.2, 0.25) is 0 Å². The van der Waals surface area contributed by atoms with E-state index in [4.69, 9.17) is 5.73 Å². The fourth-order valence-corrected chi connectivity index (χ4v) is 2.67. The van der Waals surface area contributed by atoms with Crippen LogP contribution in [0.15, 0.2) is 30.3 Å². The van der Waals surface area contributed by atoms with Gasteiger partial charge in [0.05, 0.1) is 6.10 Å². The summed E-state index contributed by atoms with van der Waals surface area (Å²) in [7, 11) is 0. The third-order valence-electron chi connectivity index (χ3n) is 3.97. The summed E-state index contributed by atoms with van der Waals surface area (Å²) in [4.78, 5) is 2.46. The Balaban J connectivity index is 1.59. The van der Waals surface area contributed by atoms with E-state index >= 15 is 0 Å². The number of nitrogens with two attached hydrogens (primary N) is 1. The second kappa shape index (κ2) is 8.37. The highest BCUT2D eigenvalue weighted by Gasteiger charge is 2.15. The van der Waals surface area contributed by atoms with Gasteiger partial charge in [-0.05, 0) is 37.9 Å². The zero-order valence-corrected chi connectivity index (χ0v) is 12.2. The summed E-state index contributed by atoms with van der Waals surface area (Å²) in [6, 6.07) is 9.88. The molecular formula is C16H27N3O. The Hall–Kier alpha value is -0.940. The number of aliphatic hydroxyl groups excluding tert-OH is 1. The molecule has 4 N–H and O–H groups in total. The van der Waals surface area contributed by atoms with E-state index in [1.165, 1.54) is 31.5 Å². The molecule has 2 atom stereocenters. The van der Waals surface area contributed by atoms with Gasteiger partial charge < -0.3 is 21.1 Å². The van der Waals surface area contributed by atoms with Crippen LogP contribution in [0.25, 0.3) is 0 Å². The quantitative estimate of drug-likeness (QED) is 0.609. The molecule has 1 fully saturated rings. The molecule has 1 aromatic rings. The fourth-order valence-electron chi connectivity index (χ4n) is 2.67. The zero-order valence-electron chi connectivity index (χ0n) is 12.2. The van der Waals surface area contributed by atoms with E-state index in [1.54, 1.807) is 0 Å². The number of nitrogens with one attached hydrogen (secondary N) is 1. The highest BCUT2D eigenvalue weighted by molar-refractivity contribution is 5.16. The minimum absolute atomic E-state index is 0.211. The molecule has 0 bridgehead atoms. The van der Waals surface area contributed by atoms with Gasteiger partial charge in [0.15, 0.2) is 0 Å². The summed E-state index contributed by atoms with van der Waals surface area (Å²) in [5.74, 6) is 0. The van der Waals surface area contributed by atoms with Gasteiger partial charge in [0, 0.05) is 25.7 Å². The molecule has 0 radical (unpaired) electrons. The predicted molar refractivity (Wildman–Crippen MR) is 82.7 cm³/mol. The molecule has 20 heavy (non-hydrogen) atoms. The average Bonchev–Trinajstić information content (AvgIpc) is 2.97. The van der Waals surface area contributed by atoms with E-state index in [0.717, 1.165) is 19.5 Å². The summed E-state index contributed by atoms with van der Waals surface area (Å²) in [5, 5.41) is 13.4. The van der Waals surface area contributed by atoms with Crippen LogP contribution in [0.5, 0.6) is 0 Å². The number of likely N-dealkylation sites (tertiary alicyclic amines) is 1. The van der Waals surface area contributed by atoms with Gasteiger partial charge in [-0.15, -0.1) is 0 Å². The molecule has 0 aromatic heterocycles. The van der Waals surface area contributed by atoms with Crippen molar-refractivity contribution in [3.8, 4) is 0 Å². The first-order valence-corrected chi connectivity index (χ1v) is 7.66. The summed E-state index contributed by atoms with van der Waals surface area (Å²) in [5.41, 5.74) is 7.23. The third-order valence-corrected chi connectivity index (χ3v) is 3.97. The monoisotopic (exact) mass is 277 g/mol. The summed E-state index contributed by atoms with van der Waals surface area (Å²) in [6.07, 6.45) is 2.87. The van der Waals surface area contributed by atoms with Gasteiger partial charge in [-0.3, -0.25) is 0 Å². The number of rotatable bonds is 8. The second-order valence-electron chi connectivity index (χ2n) is 5.67. The van der Waals surface area contributed by atoms with Gasteiger partial charge in [0.1, 0.15) is 0 Å². The number of hydrogen-bond donors (Lipinski definition) is 3. The molecule has 4 nitrogen and oxygen atoms in total. The molecule has 1 saturated heterocycles. The lowest BCUT2D eigenvalue weighted by molar-refractivity contribution is 0.140. The Morgan fingerprint density at radius 1 is 1.20 bits per heavy atom. The van der Waals surface area contributed by atoms with E-state index in [-0.39, 0.29) is 6.04 Å². The van der Waals surface area contributed by atoms with Crippen molar-refractivity contribution in [2.45, 2.75) is 31.4 Å². The SMILES string of the molecule is N[C@@H](Cc1ccccc1)[C@H](O)CNCCN1CCCC1. The van der Waals surface area contributed by atoms with Gasteiger partial charge in [0.25, 0.3) is 0 Å². The average molecular weight is 277 g/mol. The summed E-state index contributed by atoms with van der Waals surface area (Å²) in [6.45, 7) is 5.01. The lowest BCUT2D eigenvalue weighted by Crippen LogP contribution is -2.44. The zero-order chi connectivity index (χ0) is 14.2. The number of aliphatic hydroxyl groups is 1. The first kappa shape index (κ1) is 15.4. The Morgan fingerprint density at radius 2 is 1.90 bits per heavy atom. The molecule has 2 rings (SSSR count). The molecule has 1 heterocycles. The van der Waals surface area contributed by atoms with Crippen LogP contribution in [0.4, 0.5) is 0 Å². The number of hydrogen-bond acceptors (Lipinski definition) is 4. The highest BCUT2D eigenvalue weighted by Crippen LogP contribution is 2.06. The van der Waals surface area contributed by atoms with Crippen LogP contribution in [-0.4, -0.2) is 54.9 Å². The van der Waals surface area contributed by atoms with Crippen molar-refractivity contribution in [3.05, 3.63) is 35.9 Å². The minimum atomic E-state index is -0.492. The smallest absolute Gasteiger partial charge is 0.0818 e. The van der Waals surface area contributed by atoms with Gasteiger partial charge in [-0.1, -0.05) is 30.3 Å². The lowest BCUT2D eigenvalue weighted by Gasteiger charge is -2.20. The van der Waals surface area contributed by atoms with Crippen molar-refractivity contribution in [2.24, 2.45) is 5.73 Å². The third kappa shape index (κ3) is 5.21. The molecule has 0 amide bonds. The first-order chi connectivity index (χ1) is 9.75. The van der Waals surface area contributed by atoms with Crippen molar-refractivity contribution in [3.63, 3.8) is 0 Å². The maximum atomic E-state index is 10.1. The van der Waals surface area contributed by atoms with Crippen molar-refractivity contribution < 1.29 is 5.11 Å². The minimum Gasteiger partial charge on any atom is -0.390 e. The molecule has 0 unspecified atom stereocenters. The van der Waals surface area contributed by atoms with Crippen LogP contribution in [0.2, 0.25) is 0 Å². The molecule has 1 aromatic carbocycles. The molecule has 1 aliphatic rings. The topological polar surface area (TPSA) is 61.5 Å². The Labute approximate surface area is 122 Å². The molecule has 1 aliphatic heterocycles. The molecule has 0 spiro atoms. The standard InChI is InChI=1S/C16H27N3O/c17-15(12-14-6-2-1-3-7-14)16(20)13-18-8-11-19-9-4-5-10-19/h1-3,6-7,15-16,18,20H,4-5,8-13,17H2/t15-,16+/m0/s1. The van der Waals surface area contributed by atoms with Gasteiger partial charge >= 0.3 is 0 Å². The largest absolute Gasteiger partial charge is 0.390 e. The van der Waals surface area contributed by atoms with E-state index < -0.39 is 6.10 Å². The van der Waals surface area contributed by atoms with Gasteiger partial charge in [-0.25, -0.2) is 0 Å². The normalized spacial score (nSPS) is 19.1. The summed E-state index contributed by atoms with van der Waals surface area (Å²) >= 11 is 0. The predicted octanol–water partition coefficient (Wildman–Crippen LogP) is 0.603. The molecule has 0 saturated carbocycles. The maximum absolute atomic E-state index is 10.1. The van der Waals surface area contributed by atoms with Crippen LogP contribution in [0, 0.1) is 0 Å². The van der Waals surface area contributed by atoms with E-state index in [0.29, 0.717) is 6.54 Å². The lowest BCUT2D eigenvalue weighted by atomic mass is 10.0. The van der Waals surface area contributed by atoms with Crippen molar-refractivity contribution >= 4 is 0 Å². The van der Waals surface area contributed by atoms with Crippen molar-refractivity contribution in [1.29, 1.82) is 0 Å². The Morgan fingerprint density at radius 3 is 2.60 bits per heavy atom. The van der Waals surface area contributed by atoms with Crippen LogP contribution >= 0.6 is 0 Å². The molecule has 112 valence electrons. The molecular weight excluding hydrogens is 250 g/mol. The number of benzene rings is 1. The van der Waals surface area contributed by atoms with Crippen LogP contribution in [0.1, 0.15) is 18.4 Å². The number of nitrogens with zero attached hydrogens (tertiary/aromatic N) is 1. The van der Waals surface area contributed by atoms with Crippen LogP contribution in [-0.2, 0) is 6.42 Å².